The number of methoxy groups -OCH3 is 1. The van der Waals surface area contributed by atoms with Crippen LogP contribution < -0.4 is 14.8 Å². The molecule has 0 saturated heterocycles. The number of nitrogens with one attached hydrogen (secondary N) is 1. The van der Waals surface area contributed by atoms with Gasteiger partial charge in [0.15, 0.2) is 0 Å². The van der Waals surface area contributed by atoms with Crippen LogP contribution in [0.2, 0.25) is 0 Å². The molecule has 2 aliphatic heterocycles. The number of benzene rings is 2. The van der Waals surface area contributed by atoms with E-state index in [0.29, 0.717) is 5.92 Å². The third-order valence-electron chi connectivity index (χ3n) is 6.92. The molecule has 2 aromatic rings. The minimum Gasteiger partial charge on any atom is -0.496 e. The van der Waals surface area contributed by atoms with Crippen molar-refractivity contribution in [2.45, 2.75) is 64.5 Å². The Morgan fingerprint density at radius 2 is 1.94 bits per heavy atom. The van der Waals surface area contributed by atoms with Crippen LogP contribution >= 0.6 is 0 Å². The van der Waals surface area contributed by atoms with Gasteiger partial charge in [-0.2, -0.15) is 0 Å². The van der Waals surface area contributed by atoms with Crippen molar-refractivity contribution in [2.24, 2.45) is 5.92 Å². The summed E-state index contributed by atoms with van der Waals surface area (Å²) >= 11 is 0. The zero-order chi connectivity index (χ0) is 21.6. The normalized spacial score (nSPS) is 24.7. The summed E-state index contributed by atoms with van der Waals surface area (Å²) in [7, 11) is 1.74. The van der Waals surface area contributed by atoms with Gasteiger partial charge in [0.1, 0.15) is 17.6 Å². The monoisotopic (exact) mass is 415 g/mol. The van der Waals surface area contributed by atoms with E-state index in [-0.39, 0.29) is 11.6 Å². The van der Waals surface area contributed by atoms with E-state index in [2.05, 4.69) is 62.5 Å². The Labute approximate surface area is 186 Å². The molecule has 2 atom stereocenters. The zero-order valence-electron chi connectivity index (χ0n) is 19.1. The van der Waals surface area contributed by atoms with Crippen LogP contribution in [0, 0.1) is 5.92 Å². The summed E-state index contributed by atoms with van der Waals surface area (Å²) in [5.41, 5.74) is 7.44. The molecule has 5 rings (SSSR count). The predicted octanol–water partition coefficient (Wildman–Crippen LogP) is 7.54. The maximum absolute atomic E-state index is 6.83. The smallest absolute Gasteiger partial charge is 0.131 e. The number of anilines is 1. The first-order valence-electron chi connectivity index (χ1n) is 11.6. The van der Waals surface area contributed by atoms with E-state index in [1.807, 2.05) is 12.1 Å². The molecule has 0 saturated carbocycles. The van der Waals surface area contributed by atoms with Gasteiger partial charge < -0.3 is 14.8 Å². The van der Waals surface area contributed by atoms with Crippen molar-refractivity contribution in [1.82, 2.24) is 0 Å². The zero-order valence-corrected chi connectivity index (χ0v) is 19.1. The Morgan fingerprint density at radius 1 is 1.06 bits per heavy atom. The number of allylic oxidation sites excluding steroid dienone is 3. The van der Waals surface area contributed by atoms with E-state index in [1.165, 1.54) is 53.6 Å². The fourth-order valence-corrected chi connectivity index (χ4v) is 5.68. The van der Waals surface area contributed by atoms with Crippen molar-refractivity contribution < 1.29 is 9.47 Å². The Morgan fingerprint density at radius 3 is 2.77 bits per heavy atom. The van der Waals surface area contributed by atoms with Gasteiger partial charge in [0.25, 0.3) is 0 Å². The summed E-state index contributed by atoms with van der Waals surface area (Å²) in [4.78, 5) is 0. The highest BCUT2D eigenvalue weighted by Crippen LogP contribution is 2.54. The Hall–Kier alpha value is -2.68. The number of hydrogen-bond donors (Lipinski definition) is 1. The first kappa shape index (κ1) is 20.2. The average molecular weight is 416 g/mol. The fourth-order valence-electron chi connectivity index (χ4n) is 5.68. The number of rotatable bonds is 2. The molecule has 31 heavy (non-hydrogen) atoms. The van der Waals surface area contributed by atoms with Gasteiger partial charge >= 0.3 is 0 Å². The van der Waals surface area contributed by atoms with Gasteiger partial charge in [-0.3, -0.25) is 0 Å². The summed E-state index contributed by atoms with van der Waals surface area (Å²) < 4.78 is 12.6. The van der Waals surface area contributed by atoms with E-state index in [0.717, 1.165) is 23.5 Å². The quantitative estimate of drug-likeness (QED) is 0.514. The second-order valence-corrected chi connectivity index (χ2v) is 9.75. The molecule has 3 nitrogen and oxygen atoms in total. The van der Waals surface area contributed by atoms with E-state index < -0.39 is 0 Å². The van der Waals surface area contributed by atoms with Crippen LogP contribution in [0.1, 0.15) is 70.1 Å². The lowest BCUT2D eigenvalue weighted by atomic mass is 9.77. The summed E-state index contributed by atoms with van der Waals surface area (Å²) in [6, 6.07) is 10.7. The van der Waals surface area contributed by atoms with E-state index in [4.69, 9.17) is 9.47 Å². The molecule has 0 radical (unpaired) electrons. The summed E-state index contributed by atoms with van der Waals surface area (Å²) in [6.07, 6.45) is 13.1. The molecule has 2 unspecified atom stereocenters. The second-order valence-electron chi connectivity index (χ2n) is 9.75. The van der Waals surface area contributed by atoms with Gasteiger partial charge in [-0.15, -0.1) is 0 Å². The van der Waals surface area contributed by atoms with Crippen molar-refractivity contribution in [3.05, 3.63) is 59.7 Å². The average Bonchev–Trinajstić information content (AvgIpc) is 2.71. The highest BCUT2D eigenvalue weighted by atomic mass is 16.5. The van der Waals surface area contributed by atoms with Crippen LogP contribution in [0.15, 0.2) is 48.6 Å². The van der Waals surface area contributed by atoms with Crippen LogP contribution in [-0.2, 0) is 0 Å². The molecule has 2 heterocycles. The number of hydrogen-bond acceptors (Lipinski definition) is 3. The van der Waals surface area contributed by atoms with Crippen LogP contribution in [0.25, 0.3) is 16.7 Å². The first-order chi connectivity index (χ1) is 15.0. The fraction of sp³-hybridized carbons (Fsp3) is 0.429. The maximum atomic E-state index is 6.83. The summed E-state index contributed by atoms with van der Waals surface area (Å²) in [5, 5.41) is 3.74. The van der Waals surface area contributed by atoms with Crippen LogP contribution in [0.3, 0.4) is 0 Å². The van der Waals surface area contributed by atoms with Gasteiger partial charge in [0.2, 0.25) is 0 Å². The molecule has 0 bridgehead atoms. The standard InChI is InChI=1S/C28H33NO2/c1-18-17-28(2,3)29-21-16-15-20-25-22(30-4)13-10-14-23(25)31-27(26(20)24(18)21)19-11-8-6-5-7-9-12-19/h6,8,10,13-17,19,27,29H,5,7,9,11-12H2,1-4H3/b8-6-. The number of ether oxygens (including phenoxy) is 2. The summed E-state index contributed by atoms with van der Waals surface area (Å²) in [6.45, 7) is 6.70. The van der Waals surface area contributed by atoms with E-state index in [1.54, 1.807) is 7.11 Å². The lowest BCUT2D eigenvalue weighted by molar-refractivity contribution is 0.123. The molecular weight excluding hydrogens is 382 g/mol. The molecule has 3 heteroatoms. The highest BCUT2D eigenvalue weighted by Gasteiger charge is 2.38. The molecule has 2 aromatic carbocycles. The molecule has 162 valence electrons. The Bertz CT molecular complexity index is 1060. The van der Waals surface area contributed by atoms with E-state index in [9.17, 15) is 0 Å². The molecule has 0 amide bonds. The third-order valence-corrected chi connectivity index (χ3v) is 6.92. The van der Waals surface area contributed by atoms with Crippen molar-refractivity contribution in [3.8, 4) is 22.6 Å². The van der Waals surface area contributed by atoms with Crippen LogP contribution in [0.5, 0.6) is 11.5 Å². The third kappa shape index (κ3) is 3.54. The lowest BCUT2D eigenvalue weighted by Gasteiger charge is -2.39. The maximum Gasteiger partial charge on any atom is 0.131 e. The van der Waals surface area contributed by atoms with E-state index >= 15 is 0 Å². The molecule has 0 aromatic heterocycles. The second kappa shape index (κ2) is 7.78. The van der Waals surface area contributed by atoms with Crippen molar-refractivity contribution in [2.75, 3.05) is 12.4 Å². The van der Waals surface area contributed by atoms with Gasteiger partial charge in [-0.25, -0.2) is 0 Å². The highest BCUT2D eigenvalue weighted by molar-refractivity contribution is 5.91. The van der Waals surface area contributed by atoms with Gasteiger partial charge in [0.05, 0.1) is 18.2 Å². The molecule has 0 spiro atoms. The summed E-state index contributed by atoms with van der Waals surface area (Å²) in [5.74, 6) is 2.28. The minimum atomic E-state index is -0.0606. The van der Waals surface area contributed by atoms with Crippen molar-refractivity contribution >= 4 is 11.3 Å². The predicted molar refractivity (Wildman–Crippen MR) is 129 cm³/mol. The topological polar surface area (TPSA) is 30.5 Å². The largest absolute Gasteiger partial charge is 0.496 e. The minimum absolute atomic E-state index is 0.0404. The lowest BCUT2D eigenvalue weighted by Crippen LogP contribution is -2.33. The first-order valence-corrected chi connectivity index (χ1v) is 11.6. The van der Waals surface area contributed by atoms with Crippen LogP contribution in [0.4, 0.5) is 5.69 Å². The Kier molecular flexibility index (Phi) is 5.08. The van der Waals surface area contributed by atoms with Crippen molar-refractivity contribution in [3.63, 3.8) is 0 Å². The van der Waals surface area contributed by atoms with Gasteiger partial charge in [0, 0.05) is 22.7 Å². The van der Waals surface area contributed by atoms with Crippen molar-refractivity contribution in [1.29, 1.82) is 0 Å². The van der Waals surface area contributed by atoms with Gasteiger partial charge in [-0.1, -0.05) is 36.8 Å². The molecule has 1 N–H and O–H groups in total. The Balaban J connectivity index is 1.74. The number of fused-ring (bicyclic) bond motifs is 5. The molecule has 1 aliphatic carbocycles. The van der Waals surface area contributed by atoms with Crippen LogP contribution in [-0.4, -0.2) is 12.6 Å². The molecule has 0 fully saturated rings. The molecule has 3 aliphatic rings. The SMILES string of the molecule is COc1cccc2c1-c1ccc3c(c1C(C1C/C=C\CCCC1)O2)C(C)=CC(C)(C)N3. The van der Waals surface area contributed by atoms with Gasteiger partial charge in [-0.05, 0) is 75.8 Å². The molecular formula is C28H33NO2.